The monoisotopic (exact) mass is 294 g/mol. The van der Waals surface area contributed by atoms with E-state index in [0.717, 1.165) is 44.7 Å². The molecule has 0 aromatic carbocycles. The number of furan rings is 1. The molecule has 2 heterocycles. The molecule has 21 heavy (non-hydrogen) atoms. The van der Waals surface area contributed by atoms with E-state index < -0.39 is 5.97 Å². The van der Waals surface area contributed by atoms with Gasteiger partial charge in [-0.2, -0.15) is 0 Å². The molecule has 1 aromatic heterocycles. The van der Waals surface area contributed by atoms with Crippen LogP contribution in [0.15, 0.2) is 16.5 Å². The molecule has 1 atom stereocenters. The van der Waals surface area contributed by atoms with Gasteiger partial charge < -0.3 is 14.5 Å². The van der Waals surface area contributed by atoms with E-state index in [2.05, 4.69) is 24.1 Å². The molecular formula is C16H26N2O3. The van der Waals surface area contributed by atoms with Crippen LogP contribution in [0.5, 0.6) is 0 Å². The molecule has 1 saturated heterocycles. The van der Waals surface area contributed by atoms with Gasteiger partial charge in [-0.1, -0.05) is 6.92 Å². The van der Waals surface area contributed by atoms with Crippen molar-refractivity contribution in [3.8, 4) is 0 Å². The SMILES string of the molecule is CCCN(C1CCNCC1)C(C)c1ccc(C(=O)OC)o1. The van der Waals surface area contributed by atoms with E-state index in [-0.39, 0.29) is 11.8 Å². The molecule has 1 aliphatic rings. The third-order valence-corrected chi connectivity index (χ3v) is 4.18. The lowest BCUT2D eigenvalue weighted by atomic mass is 10.0. The van der Waals surface area contributed by atoms with Gasteiger partial charge in [0.1, 0.15) is 5.76 Å². The van der Waals surface area contributed by atoms with Crippen LogP contribution < -0.4 is 5.32 Å². The first kappa shape index (κ1) is 16.0. The smallest absolute Gasteiger partial charge is 0.373 e. The second-order valence-electron chi connectivity index (χ2n) is 5.59. The first-order chi connectivity index (χ1) is 10.2. The Kier molecular flexibility index (Phi) is 5.82. The van der Waals surface area contributed by atoms with Crippen molar-refractivity contribution in [3.63, 3.8) is 0 Å². The Balaban J connectivity index is 2.11. The predicted molar refractivity (Wildman–Crippen MR) is 81.4 cm³/mol. The zero-order valence-corrected chi connectivity index (χ0v) is 13.2. The fraction of sp³-hybridized carbons (Fsp3) is 0.688. The number of carbonyl (C=O) groups is 1. The summed E-state index contributed by atoms with van der Waals surface area (Å²) in [6, 6.07) is 4.34. The van der Waals surface area contributed by atoms with E-state index in [0.29, 0.717) is 6.04 Å². The van der Waals surface area contributed by atoms with Crippen molar-refractivity contribution in [2.24, 2.45) is 0 Å². The number of nitrogens with one attached hydrogen (secondary N) is 1. The highest BCUT2D eigenvalue weighted by Crippen LogP contribution is 2.27. The summed E-state index contributed by atoms with van der Waals surface area (Å²) in [5, 5.41) is 3.41. The van der Waals surface area contributed by atoms with E-state index in [4.69, 9.17) is 9.15 Å². The van der Waals surface area contributed by atoms with Crippen molar-refractivity contribution in [2.75, 3.05) is 26.7 Å². The van der Waals surface area contributed by atoms with Crippen LogP contribution in [0, 0.1) is 0 Å². The molecule has 118 valence electrons. The number of carbonyl (C=O) groups excluding carboxylic acids is 1. The highest BCUT2D eigenvalue weighted by molar-refractivity contribution is 5.86. The maximum Gasteiger partial charge on any atom is 0.373 e. The number of nitrogens with zero attached hydrogens (tertiary/aromatic N) is 1. The van der Waals surface area contributed by atoms with Gasteiger partial charge in [-0.25, -0.2) is 4.79 Å². The Morgan fingerprint density at radius 1 is 1.48 bits per heavy atom. The van der Waals surface area contributed by atoms with Crippen molar-refractivity contribution < 1.29 is 13.9 Å². The van der Waals surface area contributed by atoms with E-state index in [9.17, 15) is 4.79 Å². The molecule has 0 radical (unpaired) electrons. The summed E-state index contributed by atoms with van der Waals surface area (Å²) >= 11 is 0. The quantitative estimate of drug-likeness (QED) is 0.817. The zero-order valence-electron chi connectivity index (χ0n) is 13.2. The number of piperidine rings is 1. The number of hydrogen-bond donors (Lipinski definition) is 1. The minimum Gasteiger partial charge on any atom is -0.463 e. The molecular weight excluding hydrogens is 268 g/mol. The van der Waals surface area contributed by atoms with Gasteiger partial charge in [-0.15, -0.1) is 0 Å². The molecule has 1 aliphatic heterocycles. The number of hydrogen-bond acceptors (Lipinski definition) is 5. The Labute approximate surface area is 126 Å². The molecule has 2 rings (SSSR count). The highest BCUT2D eigenvalue weighted by Gasteiger charge is 2.27. The summed E-state index contributed by atoms with van der Waals surface area (Å²) in [6.45, 7) is 7.53. The van der Waals surface area contributed by atoms with Gasteiger partial charge in [0.25, 0.3) is 0 Å². The molecule has 0 aliphatic carbocycles. The summed E-state index contributed by atoms with van der Waals surface area (Å²) in [5.41, 5.74) is 0. The van der Waals surface area contributed by atoms with Crippen molar-refractivity contribution in [3.05, 3.63) is 23.7 Å². The van der Waals surface area contributed by atoms with E-state index in [1.807, 2.05) is 6.07 Å². The summed E-state index contributed by atoms with van der Waals surface area (Å²) in [7, 11) is 1.37. The Hall–Kier alpha value is -1.33. The van der Waals surface area contributed by atoms with Crippen molar-refractivity contribution >= 4 is 5.97 Å². The van der Waals surface area contributed by atoms with Crippen LogP contribution in [-0.4, -0.2) is 43.7 Å². The summed E-state index contributed by atoms with van der Waals surface area (Å²) in [6.07, 6.45) is 3.43. The summed E-state index contributed by atoms with van der Waals surface area (Å²) in [4.78, 5) is 14.0. The normalized spacial score (nSPS) is 17.9. The van der Waals surface area contributed by atoms with Gasteiger partial charge in [-0.05, 0) is 58.0 Å². The minimum absolute atomic E-state index is 0.173. The maximum atomic E-state index is 11.5. The van der Waals surface area contributed by atoms with Crippen molar-refractivity contribution in [1.29, 1.82) is 0 Å². The largest absolute Gasteiger partial charge is 0.463 e. The molecule has 5 nitrogen and oxygen atoms in total. The standard InChI is InChI=1S/C16H26N2O3/c1-4-11-18(13-7-9-17-10-8-13)12(2)14-5-6-15(21-14)16(19)20-3/h5-6,12-13,17H,4,7-11H2,1-3H3. The molecule has 1 aromatic rings. The van der Waals surface area contributed by atoms with Crippen molar-refractivity contribution in [1.82, 2.24) is 10.2 Å². The molecule has 5 heteroatoms. The third kappa shape index (κ3) is 3.86. The number of methoxy groups -OCH3 is 1. The topological polar surface area (TPSA) is 54.7 Å². The van der Waals surface area contributed by atoms with Gasteiger partial charge in [0.05, 0.1) is 13.2 Å². The second-order valence-corrected chi connectivity index (χ2v) is 5.59. The molecule has 1 N–H and O–H groups in total. The summed E-state index contributed by atoms with van der Waals surface area (Å²) < 4.78 is 10.4. The lowest BCUT2D eigenvalue weighted by molar-refractivity contribution is 0.0553. The average Bonchev–Trinajstić information content (AvgIpc) is 3.02. The molecule has 0 amide bonds. The van der Waals surface area contributed by atoms with Crippen molar-refractivity contribution in [2.45, 2.75) is 45.2 Å². The van der Waals surface area contributed by atoms with E-state index >= 15 is 0 Å². The van der Waals surface area contributed by atoms with E-state index in [1.165, 1.54) is 7.11 Å². The van der Waals surface area contributed by atoms with Crippen LogP contribution in [0.2, 0.25) is 0 Å². The third-order valence-electron chi connectivity index (χ3n) is 4.18. The van der Waals surface area contributed by atoms with Gasteiger partial charge in [0, 0.05) is 6.04 Å². The van der Waals surface area contributed by atoms with Gasteiger partial charge >= 0.3 is 5.97 Å². The molecule has 0 saturated carbocycles. The number of ether oxygens (including phenoxy) is 1. The molecule has 1 unspecified atom stereocenters. The fourth-order valence-electron chi connectivity index (χ4n) is 3.04. The number of esters is 1. The second kappa shape index (κ2) is 7.61. The molecule has 1 fully saturated rings. The maximum absolute atomic E-state index is 11.5. The average molecular weight is 294 g/mol. The Bertz CT molecular complexity index is 452. The first-order valence-corrected chi connectivity index (χ1v) is 7.81. The van der Waals surface area contributed by atoms with Crippen LogP contribution in [0.25, 0.3) is 0 Å². The minimum atomic E-state index is -0.419. The first-order valence-electron chi connectivity index (χ1n) is 7.81. The Morgan fingerprint density at radius 3 is 2.81 bits per heavy atom. The van der Waals surface area contributed by atoms with Crippen LogP contribution in [0.4, 0.5) is 0 Å². The highest BCUT2D eigenvalue weighted by atomic mass is 16.5. The van der Waals surface area contributed by atoms with Crippen LogP contribution in [0.1, 0.15) is 55.5 Å². The van der Waals surface area contributed by atoms with Crippen LogP contribution in [-0.2, 0) is 4.74 Å². The van der Waals surface area contributed by atoms with Gasteiger partial charge in [-0.3, -0.25) is 4.90 Å². The lowest BCUT2D eigenvalue weighted by Gasteiger charge is -2.37. The predicted octanol–water partition coefficient (Wildman–Crippen LogP) is 2.59. The van der Waals surface area contributed by atoms with Crippen LogP contribution >= 0.6 is 0 Å². The summed E-state index contributed by atoms with van der Waals surface area (Å²) in [5.74, 6) is 0.695. The fourth-order valence-corrected chi connectivity index (χ4v) is 3.04. The Morgan fingerprint density at radius 2 is 2.19 bits per heavy atom. The van der Waals surface area contributed by atoms with Gasteiger partial charge in [0.15, 0.2) is 0 Å². The number of rotatable bonds is 6. The molecule has 0 bridgehead atoms. The lowest BCUT2D eigenvalue weighted by Crippen LogP contribution is -2.44. The van der Waals surface area contributed by atoms with E-state index in [1.54, 1.807) is 6.07 Å². The van der Waals surface area contributed by atoms with Crippen LogP contribution in [0.3, 0.4) is 0 Å². The van der Waals surface area contributed by atoms with Gasteiger partial charge in [0.2, 0.25) is 5.76 Å². The molecule has 0 spiro atoms. The zero-order chi connectivity index (χ0) is 15.2.